The van der Waals surface area contributed by atoms with Crippen LogP contribution in [0.3, 0.4) is 0 Å². The molecule has 0 saturated carbocycles. The van der Waals surface area contributed by atoms with E-state index < -0.39 is 38.0 Å². The molecule has 0 unspecified atom stereocenters. The van der Waals surface area contributed by atoms with Crippen molar-refractivity contribution in [2.24, 2.45) is 0 Å². The predicted molar refractivity (Wildman–Crippen MR) is 161 cm³/mol. The van der Waals surface area contributed by atoms with Gasteiger partial charge in [-0.15, -0.1) is 11.3 Å². The monoisotopic (exact) mass is 657 g/mol. The molecule has 4 rings (SSSR count). The summed E-state index contributed by atoms with van der Waals surface area (Å²) in [4.78, 5) is 41.1. The van der Waals surface area contributed by atoms with Gasteiger partial charge >= 0.3 is 0 Å². The van der Waals surface area contributed by atoms with Crippen molar-refractivity contribution in [2.45, 2.75) is 49.6 Å². The normalized spacial score (nSPS) is 19.9. The number of rotatable bonds is 11. The van der Waals surface area contributed by atoms with Crippen molar-refractivity contribution >= 4 is 72.5 Å². The Labute approximate surface area is 254 Å². The highest BCUT2D eigenvalue weighted by Crippen LogP contribution is 2.23. The molecule has 3 N–H and O–H groups in total. The Morgan fingerprint density at radius 2 is 1.76 bits per heavy atom. The van der Waals surface area contributed by atoms with Gasteiger partial charge in [-0.1, -0.05) is 11.6 Å². The molecule has 42 heavy (non-hydrogen) atoms. The summed E-state index contributed by atoms with van der Waals surface area (Å²) in [6.45, 7) is 1.86. The molecular weight excluding hydrogens is 626 g/mol. The number of halogens is 1. The van der Waals surface area contributed by atoms with Crippen LogP contribution in [0, 0.1) is 0 Å². The number of hydrogen-bond acceptors (Lipinski definition) is 8. The number of piperidine rings is 1. The van der Waals surface area contributed by atoms with E-state index in [9.17, 15) is 31.2 Å². The van der Waals surface area contributed by atoms with Crippen LogP contribution in [0.1, 0.15) is 37.5 Å². The number of amides is 3. The molecule has 0 radical (unpaired) electrons. The Balaban J connectivity index is 1.32. The van der Waals surface area contributed by atoms with E-state index in [1.54, 1.807) is 17.0 Å². The number of anilines is 1. The number of thiophene rings is 1. The smallest absolute Gasteiger partial charge is 0.242 e. The van der Waals surface area contributed by atoms with Gasteiger partial charge in [0.2, 0.25) is 37.8 Å². The van der Waals surface area contributed by atoms with E-state index in [2.05, 4.69) is 14.8 Å². The number of carbonyl (C=O) groups is 3. The Hall–Kier alpha value is -2.82. The lowest BCUT2D eigenvalue weighted by atomic mass is 10.1. The summed E-state index contributed by atoms with van der Waals surface area (Å²) in [5, 5.41) is 3.56. The molecule has 3 amide bonds. The molecule has 228 valence electrons. The summed E-state index contributed by atoms with van der Waals surface area (Å²) in [6, 6.07) is 7.68. The lowest BCUT2D eigenvalue weighted by molar-refractivity contribution is -0.143. The van der Waals surface area contributed by atoms with Gasteiger partial charge in [0, 0.05) is 48.6 Å². The van der Waals surface area contributed by atoms with Crippen LogP contribution in [0.4, 0.5) is 5.69 Å². The van der Waals surface area contributed by atoms with Gasteiger partial charge in [0.05, 0.1) is 15.8 Å². The molecule has 2 atom stereocenters. The maximum Gasteiger partial charge on any atom is 0.242 e. The fourth-order valence-corrected chi connectivity index (χ4v) is 8.00. The first-order valence-electron chi connectivity index (χ1n) is 13.2. The Morgan fingerprint density at radius 1 is 1.05 bits per heavy atom. The van der Waals surface area contributed by atoms with Crippen molar-refractivity contribution in [3.8, 4) is 0 Å². The third kappa shape index (κ3) is 8.61. The molecule has 2 aliphatic heterocycles. The summed E-state index contributed by atoms with van der Waals surface area (Å²) < 4.78 is 56.3. The SMILES string of the molecule is CC(=O)Nc1ccc(S(=O)(=O)NC[C@@H]2CCCN2C(=O)CN2CCC[C@H](NS(=O)(=O)/C=C/c3ccc(Cl)s3)C2=O)cc1. The number of carbonyl (C=O) groups excluding carboxylic acids is 3. The van der Waals surface area contributed by atoms with Gasteiger partial charge in [-0.25, -0.2) is 21.6 Å². The van der Waals surface area contributed by atoms with E-state index in [4.69, 9.17) is 11.6 Å². The average Bonchev–Trinajstić information content (AvgIpc) is 3.57. The van der Waals surface area contributed by atoms with Gasteiger partial charge in [0.25, 0.3) is 0 Å². The van der Waals surface area contributed by atoms with E-state index in [1.807, 2.05) is 0 Å². The summed E-state index contributed by atoms with van der Waals surface area (Å²) in [6.07, 6.45) is 3.49. The molecule has 16 heteroatoms. The zero-order valence-electron chi connectivity index (χ0n) is 22.8. The van der Waals surface area contributed by atoms with Crippen LogP contribution in [0.25, 0.3) is 6.08 Å². The van der Waals surface area contributed by atoms with Gasteiger partial charge in [0.15, 0.2) is 0 Å². The molecule has 2 aliphatic rings. The number of nitrogens with zero attached hydrogens (tertiary/aromatic N) is 2. The minimum absolute atomic E-state index is 0.000319. The van der Waals surface area contributed by atoms with Crippen molar-refractivity contribution in [3.63, 3.8) is 0 Å². The third-order valence-electron chi connectivity index (χ3n) is 6.86. The van der Waals surface area contributed by atoms with Gasteiger partial charge < -0.3 is 15.1 Å². The highest BCUT2D eigenvalue weighted by atomic mass is 35.5. The van der Waals surface area contributed by atoms with Crippen molar-refractivity contribution in [1.29, 1.82) is 0 Å². The summed E-state index contributed by atoms with van der Waals surface area (Å²) in [5.41, 5.74) is 0.469. The van der Waals surface area contributed by atoms with Crippen LogP contribution in [0.15, 0.2) is 46.7 Å². The van der Waals surface area contributed by atoms with E-state index in [-0.39, 0.29) is 29.8 Å². The van der Waals surface area contributed by atoms with Gasteiger partial charge in [-0.2, -0.15) is 4.72 Å². The summed E-state index contributed by atoms with van der Waals surface area (Å²) in [5.74, 6) is -1.08. The lowest BCUT2D eigenvalue weighted by Gasteiger charge is -2.34. The number of nitrogens with one attached hydrogen (secondary N) is 3. The fraction of sp³-hybridized carbons (Fsp3) is 0.423. The molecule has 2 saturated heterocycles. The van der Waals surface area contributed by atoms with Crippen molar-refractivity contribution in [3.05, 3.63) is 51.0 Å². The van der Waals surface area contributed by atoms with Crippen LogP contribution in [-0.2, 0) is 34.4 Å². The molecule has 1 aromatic heterocycles. The summed E-state index contributed by atoms with van der Waals surface area (Å²) in [7, 11) is -7.79. The fourth-order valence-electron chi connectivity index (χ4n) is 4.86. The minimum atomic E-state index is -3.92. The van der Waals surface area contributed by atoms with E-state index in [1.165, 1.54) is 53.5 Å². The van der Waals surface area contributed by atoms with Crippen molar-refractivity contribution < 1.29 is 31.2 Å². The van der Waals surface area contributed by atoms with Gasteiger partial charge in [-0.05, 0) is 68.2 Å². The zero-order valence-corrected chi connectivity index (χ0v) is 26.0. The van der Waals surface area contributed by atoms with Crippen LogP contribution in [-0.4, -0.2) is 82.6 Å². The number of likely N-dealkylation sites (tertiary alicyclic amines) is 2. The van der Waals surface area contributed by atoms with E-state index in [0.717, 1.165) is 5.41 Å². The Kier molecular flexibility index (Phi) is 10.4. The standard InChI is InChI=1S/C26H32ClN5O7S3/c1-18(33)29-19-6-9-22(10-7-19)42(38,39)28-16-20-4-2-14-32(20)25(34)17-31-13-3-5-23(26(31)35)30-41(36,37)15-12-21-8-11-24(27)40-21/h6-12,15,20,23,28,30H,2-5,13-14,16-17H2,1H3,(H,29,33)/b15-12+/t20-,23-/m0/s1. The average molecular weight is 658 g/mol. The minimum Gasteiger partial charge on any atom is -0.337 e. The first kappa shape index (κ1) is 32.1. The largest absolute Gasteiger partial charge is 0.337 e. The van der Waals surface area contributed by atoms with Crippen LogP contribution in [0.2, 0.25) is 4.34 Å². The second kappa shape index (κ2) is 13.7. The van der Waals surface area contributed by atoms with Crippen molar-refractivity contribution in [2.75, 3.05) is 31.5 Å². The highest BCUT2D eigenvalue weighted by Gasteiger charge is 2.35. The topological polar surface area (TPSA) is 162 Å². The molecule has 12 nitrogen and oxygen atoms in total. The molecule has 0 bridgehead atoms. The lowest BCUT2D eigenvalue weighted by Crippen LogP contribution is -2.55. The maximum atomic E-state index is 13.2. The zero-order chi connectivity index (χ0) is 30.5. The second-order valence-corrected chi connectivity index (χ2v) is 15.1. The molecule has 0 spiro atoms. The molecular formula is C26H32ClN5O7S3. The number of benzene rings is 1. The third-order valence-corrected chi connectivity index (χ3v) is 10.6. The van der Waals surface area contributed by atoms with Crippen LogP contribution >= 0.6 is 22.9 Å². The summed E-state index contributed by atoms with van der Waals surface area (Å²) >= 11 is 7.10. The van der Waals surface area contributed by atoms with Crippen molar-refractivity contribution in [1.82, 2.24) is 19.2 Å². The Morgan fingerprint density at radius 3 is 2.43 bits per heavy atom. The molecule has 2 fully saturated rings. The van der Waals surface area contributed by atoms with E-state index in [0.29, 0.717) is 53.7 Å². The number of sulfonamides is 2. The first-order chi connectivity index (χ1) is 19.8. The molecule has 2 aromatic rings. The second-order valence-electron chi connectivity index (χ2n) is 10.0. The van der Waals surface area contributed by atoms with Crippen LogP contribution < -0.4 is 14.8 Å². The first-order valence-corrected chi connectivity index (χ1v) is 17.5. The number of hydrogen-bond donors (Lipinski definition) is 3. The highest BCUT2D eigenvalue weighted by molar-refractivity contribution is 7.92. The molecule has 0 aliphatic carbocycles. The maximum absolute atomic E-state index is 13.2. The van der Waals surface area contributed by atoms with Gasteiger partial charge in [-0.3, -0.25) is 14.4 Å². The van der Waals surface area contributed by atoms with Crippen LogP contribution in [0.5, 0.6) is 0 Å². The predicted octanol–water partition coefficient (Wildman–Crippen LogP) is 2.21. The Bertz CT molecular complexity index is 1560. The van der Waals surface area contributed by atoms with Gasteiger partial charge in [0.1, 0.15) is 6.04 Å². The molecule has 3 heterocycles. The quantitative estimate of drug-likeness (QED) is 0.334. The van der Waals surface area contributed by atoms with E-state index >= 15 is 0 Å². The molecule has 1 aromatic carbocycles.